The van der Waals surface area contributed by atoms with Gasteiger partial charge >= 0.3 is 5.97 Å². The fraction of sp³-hybridized carbons (Fsp3) is 0.773. The molecule has 0 unspecified atom stereocenters. The molecule has 1 aromatic heterocycles. The van der Waals surface area contributed by atoms with Gasteiger partial charge in [-0.05, 0) is 24.7 Å². The van der Waals surface area contributed by atoms with Crippen molar-refractivity contribution in [3.63, 3.8) is 0 Å². The number of carboxylic acids is 1. The van der Waals surface area contributed by atoms with Crippen LogP contribution in [0.15, 0.2) is 10.9 Å². The van der Waals surface area contributed by atoms with Crippen molar-refractivity contribution in [3.8, 4) is 0 Å². The molecule has 0 bridgehead atoms. The molecule has 1 amide bonds. The number of amides is 1. The molecule has 0 aliphatic heterocycles. The summed E-state index contributed by atoms with van der Waals surface area (Å²) in [7, 11) is 0. The van der Waals surface area contributed by atoms with Gasteiger partial charge in [-0.3, -0.25) is 9.59 Å². The van der Waals surface area contributed by atoms with E-state index in [1.165, 1.54) is 17.8 Å². The lowest BCUT2D eigenvalue weighted by atomic mass is 9.82. The molecule has 0 aromatic carbocycles. The number of aliphatic hydroxyl groups is 2. The van der Waals surface area contributed by atoms with E-state index in [0.29, 0.717) is 24.5 Å². The maximum atomic E-state index is 13.0. The van der Waals surface area contributed by atoms with Gasteiger partial charge in [0, 0.05) is 11.8 Å². The standard InChI is InChI=1S/C22H36N2O5S/c1-14(2)8-19(25)21(28)18(9-15-6-4-3-5-7-15)24-22(29)16(11-20(26)27)10-17-12-30-13-23-17/h12-16,18-19,21,25,28H,3-11H2,1-2H3,(H,24,29)(H,26,27)/t16-,18+,19+,21-/m1/s1. The molecule has 30 heavy (non-hydrogen) atoms. The highest BCUT2D eigenvalue weighted by Gasteiger charge is 2.33. The molecule has 0 saturated heterocycles. The van der Waals surface area contributed by atoms with Gasteiger partial charge in [0.05, 0.1) is 35.7 Å². The van der Waals surface area contributed by atoms with E-state index >= 15 is 0 Å². The van der Waals surface area contributed by atoms with Crippen molar-refractivity contribution >= 4 is 23.2 Å². The quantitative estimate of drug-likeness (QED) is 0.397. The predicted octanol–water partition coefficient (Wildman–Crippen LogP) is 3.00. The first-order valence-corrected chi connectivity index (χ1v) is 12.0. The maximum absolute atomic E-state index is 13.0. The second-order valence-corrected chi connectivity index (χ2v) is 9.74. The van der Waals surface area contributed by atoms with E-state index in [1.54, 1.807) is 5.51 Å². The number of carboxylic acid groups (broad SMARTS) is 1. The molecule has 0 spiro atoms. The summed E-state index contributed by atoms with van der Waals surface area (Å²) in [6.07, 6.45) is 4.55. The zero-order valence-electron chi connectivity index (χ0n) is 18.0. The summed E-state index contributed by atoms with van der Waals surface area (Å²) in [5.41, 5.74) is 2.34. The summed E-state index contributed by atoms with van der Waals surface area (Å²) < 4.78 is 0. The third-order valence-electron chi connectivity index (χ3n) is 5.89. The van der Waals surface area contributed by atoms with Gasteiger partial charge in [-0.1, -0.05) is 46.0 Å². The van der Waals surface area contributed by atoms with Gasteiger partial charge in [-0.2, -0.15) is 0 Å². The second kappa shape index (κ2) is 12.4. The molecule has 1 heterocycles. The van der Waals surface area contributed by atoms with Crippen LogP contribution in [0, 0.1) is 17.8 Å². The van der Waals surface area contributed by atoms with Crippen LogP contribution in [0.1, 0.15) is 70.9 Å². The molecule has 1 fully saturated rings. The predicted molar refractivity (Wildman–Crippen MR) is 116 cm³/mol. The molecule has 7 nitrogen and oxygen atoms in total. The summed E-state index contributed by atoms with van der Waals surface area (Å²) in [4.78, 5) is 28.5. The lowest BCUT2D eigenvalue weighted by Crippen LogP contribution is -2.51. The Hall–Kier alpha value is -1.51. The van der Waals surface area contributed by atoms with E-state index in [9.17, 15) is 24.9 Å². The number of aliphatic hydroxyl groups excluding tert-OH is 2. The average Bonchev–Trinajstić information content (AvgIpc) is 3.19. The lowest BCUT2D eigenvalue weighted by Gasteiger charge is -2.33. The fourth-order valence-electron chi connectivity index (χ4n) is 4.32. The summed E-state index contributed by atoms with van der Waals surface area (Å²) in [5.74, 6) is -1.61. The Morgan fingerprint density at radius 3 is 2.50 bits per heavy atom. The van der Waals surface area contributed by atoms with Gasteiger partial charge in [0.2, 0.25) is 5.91 Å². The van der Waals surface area contributed by atoms with Crippen LogP contribution < -0.4 is 5.32 Å². The van der Waals surface area contributed by atoms with Crippen molar-refractivity contribution in [3.05, 3.63) is 16.6 Å². The van der Waals surface area contributed by atoms with Crippen molar-refractivity contribution in [2.75, 3.05) is 0 Å². The van der Waals surface area contributed by atoms with Crippen molar-refractivity contribution in [2.24, 2.45) is 17.8 Å². The van der Waals surface area contributed by atoms with Gasteiger partial charge in [-0.15, -0.1) is 11.3 Å². The topological polar surface area (TPSA) is 120 Å². The smallest absolute Gasteiger partial charge is 0.304 e. The minimum Gasteiger partial charge on any atom is -0.481 e. The molecular weight excluding hydrogens is 404 g/mol. The van der Waals surface area contributed by atoms with E-state index in [-0.39, 0.29) is 18.8 Å². The first-order chi connectivity index (χ1) is 14.3. The highest BCUT2D eigenvalue weighted by Crippen LogP contribution is 2.29. The fourth-order valence-corrected chi connectivity index (χ4v) is 4.89. The summed E-state index contributed by atoms with van der Waals surface area (Å²) in [6, 6.07) is -0.596. The number of carbonyl (C=O) groups is 2. The number of hydrogen-bond donors (Lipinski definition) is 4. The maximum Gasteiger partial charge on any atom is 0.304 e. The number of aromatic nitrogens is 1. The molecule has 4 atom stereocenters. The molecule has 2 rings (SSSR count). The number of carbonyl (C=O) groups excluding carboxylic acids is 1. The molecular formula is C22H36N2O5S. The molecule has 0 radical (unpaired) electrons. The van der Waals surface area contributed by atoms with Crippen molar-refractivity contribution in [1.29, 1.82) is 0 Å². The van der Waals surface area contributed by atoms with Crippen molar-refractivity contribution < 1.29 is 24.9 Å². The van der Waals surface area contributed by atoms with Gasteiger partial charge in [0.25, 0.3) is 0 Å². The number of nitrogens with zero attached hydrogens (tertiary/aromatic N) is 1. The summed E-state index contributed by atoms with van der Waals surface area (Å²) in [6.45, 7) is 3.95. The SMILES string of the molecule is CC(C)C[C@H](O)[C@H](O)[C@H](CC1CCCCC1)NC(=O)[C@@H](CC(=O)O)Cc1cscn1. The number of nitrogens with one attached hydrogen (secondary N) is 1. The van der Waals surface area contributed by atoms with Gasteiger partial charge in [-0.25, -0.2) is 4.98 Å². The van der Waals surface area contributed by atoms with Crippen LogP contribution >= 0.6 is 11.3 Å². The third kappa shape index (κ3) is 8.32. The largest absolute Gasteiger partial charge is 0.481 e. The number of thiazole rings is 1. The Labute approximate surface area is 182 Å². The molecule has 1 saturated carbocycles. The number of rotatable bonds is 12. The van der Waals surface area contributed by atoms with Gasteiger partial charge < -0.3 is 20.6 Å². The zero-order valence-corrected chi connectivity index (χ0v) is 18.8. The third-order valence-corrected chi connectivity index (χ3v) is 6.53. The molecule has 1 aromatic rings. The zero-order chi connectivity index (χ0) is 22.1. The Bertz CT molecular complexity index is 646. The van der Waals surface area contributed by atoms with E-state index in [1.807, 2.05) is 19.2 Å². The van der Waals surface area contributed by atoms with Gasteiger partial charge in [0.15, 0.2) is 0 Å². The molecule has 170 valence electrons. The first-order valence-electron chi connectivity index (χ1n) is 11.0. The van der Waals surface area contributed by atoms with E-state index in [2.05, 4.69) is 10.3 Å². The van der Waals surface area contributed by atoms with Crippen LogP contribution in [0.2, 0.25) is 0 Å². The monoisotopic (exact) mass is 440 g/mol. The summed E-state index contributed by atoms with van der Waals surface area (Å²) >= 11 is 1.40. The van der Waals surface area contributed by atoms with Gasteiger partial charge in [0.1, 0.15) is 6.10 Å². The van der Waals surface area contributed by atoms with Crippen LogP contribution in [-0.2, 0) is 16.0 Å². The Morgan fingerprint density at radius 1 is 1.23 bits per heavy atom. The van der Waals surface area contributed by atoms with Crippen LogP contribution in [0.4, 0.5) is 0 Å². The van der Waals surface area contributed by atoms with Crippen LogP contribution in [-0.4, -0.2) is 50.4 Å². The van der Waals surface area contributed by atoms with E-state index in [0.717, 1.165) is 25.7 Å². The van der Waals surface area contributed by atoms with Crippen LogP contribution in [0.25, 0.3) is 0 Å². The van der Waals surface area contributed by atoms with Crippen LogP contribution in [0.3, 0.4) is 0 Å². The Balaban J connectivity index is 2.11. The molecule has 1 aliphatic rings. The summed E-state index contributed by atoms with van der Waals surface area (Å²) in [5, 5.41) is 35.3. The van der Waals surface area contributed by atoms with Crippen molar-refractivity contribution in [1.82, 2.24) is 10.3 Å². The highest BCUT2D eigenvalue weighted by molar-refractivity contribution is 7.07. The second-order valence-electron chi connectivity index (χ2n) is 9.02. The van der Waals surface area contributed by atoms with Crippen LogP contribution in [0.5, 0.6) is 0 Å². The average molecular weight is 441 g/mol. The normalized spacial score (nSPS) is 19.2. The van der Waals surface area contributed by atoms with E-state index < -0.39 is 36.0 Å². The lowest BCUT2D eigenvalue weighted by molar-refractivity contribution is -0.141. The van der Waals surface area contributed by atoms with E-state index in [4.69, 9.17) is 0 Å². The molecule has 4 N–H and O–H groups in total. The van der Waals surface area contributed by atoms with Crippen molar-refractivity contribution in [2.45, 2.75) is 89.9 Å². The Kier molecular flexibility index (Phi) is 10.2. The number of hydrogen-bond acceptors (Lipinski definition) is 6. The highest BCUT2D eigenvalue weighted by atomic mass is 32.1. The number of aliphatic carboxylic acids is 1. The molecule has 8 heteroatoms. The minimum absolute atomic E-state index is 0.213. The minimum atomic E-state index is -1.08. The first kappa shape index (κ1) is 24.8. The molecule has 1 aliphatic carbocycles. The Morgan fingerprint density at radius 2 is 1.93 bits per heavy atom.